The fraction of sp³-hybridized carbons (Fsp3) is 0.278. The SMILES string of the molecule is CCOC(=O)C(N)(Cc1ccccc1I)Cc1ccccc1I. The Bertz CT molecular complexity index is 641. The standard InChI is InChI=1S/C18H19I2NO2/c1-2-23-17(22)18(21,11-13-7-3-5-9-15(13)19)12-14-8-4-6-10-16(14)20/h3-10H,2,11-12,21H2,1H3. The number of hydrogen-bond acceptors (Lipinski definition) is 3. The first-order valence-corrected chi connectivity index (χ1v) is 9.55. The van der Waals surface area contributed by atoms with Crippen LogP contribution in [0.25, 0.3) is 0 Å². The van der Waals surface area contributed by atoms with Crippen LogP contribution in [0.5, 0.6) is 0 Å². The average molecular weight is 535 g/mol. The molecule has 23 heavy (non-hydrogen) atoms. The second-order valence-corrected chi connectivity index (χ2v) is 7.74. The van der Waals surface area contributed by atoms with Crippen LogP contribution in [-0.2, 0) is 22.4 Å². The van der Waals surface area contributed by atoms with Crippen LogP contribution in [0.15, 0.2) is 48.5 Å². The highest BCUT2D eigenvalue weighted by molar-refractivity contribution is 14.1. The molecule has 0 aliphatic rings. The molecule has 0 saturated heterocycles. The molecule has 0 atom stereocenters. The molecule has 2 N–H and O–H groups in total. The van der Waals surface area contributed by atoms with Crippen molar-refractivity contribution in [2.75, 3.05) is 6.61 Å². The Morgan fingerprint density at radius 2 is 1.43 bits per heavy atom. The van der Waals surface area contributed by atoms with Gasteiger partial charge in [0.15, 0.2) is 0 Å². The zero-order chi connectivity index (χ0) is 16.9. The largest absolute Gasteiger partial charge is 0.465 e. The normalized spacial score (nSPS) is 11.3. The molecular formula is C18H19I2NO2. The first-order valence-electron chi connectivity index (χ1n) is 7.39. The van der Waals surface area contributed by atoms with Gasteiger partial charge in [0.05, 0.1) is 6.61 Å². The maximum atomic E-state index is 12.5. The molecule has 0 aromatic heterocycles. The molecule has 0 bridgehead atoms. The van der Waals surface area contributed by atoms with E-state index >= 15 is 0 Å². The highest BCUT2D eigenvalue weighted by atomic mass is 127. The lowest BCUT2D eigenvalue weighted by molar-refractivity contribution is -0.149. The summed E-state index contributed by atoms with van der Waals surface area (Å²) in [4.78, 5) is 12.5. The fourth-order valence-electron chi connectivity index (χ4n) is 2.44. The van der Waals surface area contributed by atoms with E-state index in [2.05, 4.69) is 45.2 Å². The quantitative estimate of drug-likeness (QED) is 0.451. The molecule has 0 amide bonds. The smallest absolute Gasteiger partial charge is 0.326 e. The Morgan fingerprint density at radius 1 is 1.00 bits per heavy atom. The third-order valence-electron chi connectivity index (χ3n) is 3.61. The van der Waals surface area contributed by atoms with Crippen LogP contribution < -0.4 is 5.73 Å². The van der Waals surface area contributed by atoms with E-state index < -0.39 is 5.54 Å². The fourth-order valence-corrected chi connectivity index (χ4v) is 3.60. The van der Waals surface area contributed by atoms with Crippen molar-refractivity contribution in [2.24, 2.45) is 5.73 Å². The van der Waals surface area contributed by atoms with Gasteiger partial charge in [0.25, 0.3) is 0 Å². The molecule has 2 aromatic carbocycles. The van der Waals surface area contributed by atoms with E-state index in [-0.39, 0.29) is 5.97 Å². The molecule has 0 fully saturated rings. The monoisotopic (exact) mass is 535 g/mol. The summed E-state index contributed by atoms with van der Waals surface area (Å²) < 4.78 is 7.47. The molecule has 5 heteroatoms. The van der Waals surface area contributed by atoms with Gasteiger partial charge in [-0.3, -0.25) is 4.79 Å². The average Bonchev–Trinajstić information content (AvgIpc) is 2.52. The van der Waals surface area contributed by atoms with Crippen molar-refractivity contribution in [3.05, 3.63) is 66.8 Å². The number of carbonyl (C=O) groups excluding carboxylic acids is 1. The Labute approximate surface area is 164 Å². The van der Waals surface area contributed by atoms with Crippen molar-refractivity contribution >= 4 is 51.2 Å². The Morgan fingerprint density at radius 3 is 1.83 bits per heavy atom. The van der Waals surface area contributed by atoms with Crippen molar-refractivity contribution in [1.82, 2.24) is 0 Å². The number of carbonyl (C=O) groups is 1. The van der Waals surface area contributed by atoms with Gasteiger partial charge in [0.2, 0.25) is 0 Å². The van der Waals surface area contributed by atoms with Gasteiger partial charge in [-0.2, -0.15) is 0 Å². The van der Waals surface area contributed by atoms with Crippen LogP contribution >= 0.6 is 45.2 Å². The van der Waals surface area contributed by atoms with Crippen LogP contribution in [0.2, 0.25) is 0 Å². The third-order valence-corrected chi connectivity index (χ3v) is 5.71. The third kappa shape index (κ3) is 4.90. The molecule has 0 heterocycles. The summed E-state index contributed by atoms with van der Waals surface area (Å²) in [7, 11) is 0. The van der Waals surface area contributed by atoms with Crippen molar-refractivity contribution in [3.8, 4) is 0 Å². The van der Waals surface area contributed by atoms with E-state index in [1.54, 1.807) is 6.92 Å². The summed E-state index contributed by atoms with van der Waals surface area (Å²) in [6.07, 6.45) is 0.909. The molecule has 0 aliphatic heterocycles. The topological polar surface area (TPSA) is 52.3 Å². The first kappa shape index (κ1) is 18.7. The lowest BCUT2D eigenvalue weighted by atomic mass is 9.85. The van der Waals surface area contributed by atoms with E-state index in [0.29, 0.717) is 19.4 Å². The molecule has 0 aliphatic carbocycles. The Kier molecular flexibility index (Phi) is 6.84. The van der Waals surface area contributed by atoms with Crippen LogP contribution in [-0.4, -0.2) is 18.1 Å². The summed E-state index contributed by atoms with van der Waals surface area (Å²) in [5, 5.41) is 0. The van der Waals surface area contributed by atoms with E-state index in [4.69, 9.17) is 10.5 Å². The maximum Gasteiger partial charge on any atom is 0.326 e. The molecule has 0 unspecified atom stereocenters. The van der Waals surface area contributed by atoms with Gasteiger partial charge in [-0.05, 0) is 75.4 Å². The van der Waals surface area contributed by atoms with Gasteiger partial charge in [-0.1, -0.05) is 36.4 Å². The number of esters is 1. The van der Waals surface area contributed by atoms with Crippen LogP contribution in [0.3, 0.4) is 0 Å². The molecule has 122 valence electrons. The number of nitrogens with two attached hydrogens (primary N) is 1. The van der Waals surface area contributed by atoms with Gasteiger partial charge in [-0.15, -0.1) is 0 Å². The predicted molar refractivity (Wildman–Crippen MR) is 109 cm³/mol. The lowest BCUT2D eigenvalue weighted by Gasteiger charge is -2.28. The second-order valence-electron chi connectivity index (χ2n) is 5.41. The highest BCUT2D eigenvalue weighted by Gasteiger charge is 2.37. The minimum absolute atomic E-state index is 0.329. The zero-order valence-corrected chi connectivity index (χ0v) is 17.2. The first-order chi connectivity index (χ1) is 11.0. The summed E-state index contributed by atoms with van der Waals surface area (Å²) in [5.41, 5.74) is 7.61. The van der Waals surface area contributed by atoms with Crippen molar-refractivity contribution < 1.29 is 9.53 Å². The predicted octanol–water partition coefficient (Wildman–Crippen LogP) is 3.94. The Balaban J connectivity index is 2.34. The summed E-state index contributed by atoms with van der Waals surface area (Å²) in [6, 6.07) is 16.0. The van der Waals surface area contributed by atoms with Crippen molar-refractivity contribution in [2.45, 2.75) is 25.3 Å². The molecule has 3 nitrogen and oxygen atoms in total. The number of hydrogen-bond donors (Lipinski definition) is 1. The molecular weight excluding hydrogens is 516 g/mol. The maximum absolute atomic E-state index is 12.5. The van der Waals surface area contributed by atoms with Crippen molar-refractivity contribution in [3.63, 3.8) is 0 Å². The molecule has 0 spiro atoms. The van der Waals surface area contributed by atoms with Gasteiger partial charge in [-0.25, -0.2) is 0 Å². The van der Waals surface area contributed by atoms with E-state index in [1.807, 2.05) is 48.5 Å². The van der Waals surface area contributed by atoms with E-state index in [9.17, 15) is 4.79 Å². The van der Waals surface area contributed by atoms with E-state index in [1.165, 1.54) is 0 Å². The summed E-state index contributed by atoms with van der Waals surface area (Å²) in [5.74, 6) is -0.348. The second kappa shape index (κ2) is 8.43. The van der Waals surface area contributed by atoms with Crippen molar-refractivity contribution in [1.29, 1.82) is 0 Å². The number of ether oxygens (including phenoxy) is 1. The zero-order valence-electron chi connectivity index (χ0n) is 12.9. The molecule has 2 aromatic rings. The van der Waals surface area contributed by atoms with E-state index in [0.717, 1.165) is 18.3 Å². The molecule has 2 rings (SSSR count). The van der Waals surface area contributed by atoms with Crippen LogP contribution in [0.4, 0.5) is 0 Å². The summed E-state index contributed by atoms with van der Waals surface area (Å²) in [6.45, 7) is 2.13. The van der Waals surface area contributed by atoms with Gasteiger partial charge in [0.1, 0.15) is 5.54 Å². The summed E-state index contributed by atoms with van der Waals surface area (Å²) >= 11 is 4.55. The van der Waals surface area contributed by atoms with Crippen LogP contribution in [0.1, 0.15) is 18.1 Å². The van der Waals surface area contributed by atoms with Crippen LogP contribution in [0, 0.1) is 7.14 Å². The number of benzene rings is 2. The van der Waals surface area contributed by atoms with Gasteiger partial charge >= 0.3 is 5.97 Å². The molecule has 0 saturated carbocycles. The van der Waals surface area contributed by atoms with Gasteiger partial charge in [0, 0.05) is 20.0 Å². The number of halogens is 2. The lowest BCUT2D eigenvalue weighted by Crippen LogP contribution is -2.53. The molecule has 0 radical (unpaired) electrons. The Hall–Kier alpha value is -0.670. The highest BCUT2D eigenvalue weighted by Crippen LogP contribution is 2.24. The van der Waals surface area contributed by atoms with Gasteiger partial charge < -0.3 is 10.5 Å². The number of rotatable bonds is 6. The minimum atomic E-state index is -1.07. The minimum Gasteiger partial charge on any atom is -0.465 e.